The Morgan fingerprint density at radius 2 is 1.91 bits per heavy atom. The van der Waals surface area contributed by atoms with Crippen molar-refractivity contribution in [1.82, 2.24) is 9.97 Å². The molecule has 2 aromatic heterocycles. The van der Waals surface area contributed by atoms with Gasteiger partial charge in [-0.2, -0.15) is 0 Å². The predicted molar refractivity (Wildman–Crippen MR) is 121 cm³/mol. The number of carboxylic acid groups (broad SMARTS) is 1. The fraction of sp³-hybridized carbons (Fsp3) is 0.136. The summed E-state index contributed by atoms with van der Waals surface area (Å²) < 4.78 is 10.7. The molecule has 0 amide bonds. The van der Waals surface area contributed by atoms with E-state index in [1.807, 2.05) is 18.2 Å². The van der Waals surface area contributed by atoms with Gasteiger partial charge in [-0.3, -0.25) is 10.1 Å². The zero-order chi connectivity index (χ0) is 22.9. The Morgan fingerprint density at radius 1 is 1.12 bits per heavy atom. The highest BCUT2D eigenvalue weighted by Gasteiger charge is 2.19. The molecule has 0 spiro atoms. The highest BCUT2D eigenvalue weighted by molar-refractivity contribution is 7.21. The second-order valence-corrected chi connectivity index (χ2v) is 8.21. The minimum Gasteiger partial charge on any atom is -0.478 e. The summed E-state index contributed by atoms with van der Waals surface area (Å²) in [5.74, 6) is 1.22. The van der Waals surface area contributed by atoms with Crippen LogP contribution in [-0.2, 0) is 6.42 Å². The van der Waals surface area contributed by atoms with Crippen LogP contribution in [0.15, 0.2) is 48.5 Å². The van der Waals surface area contributed by atoms with Crippen molar-refractivity contribution in [1.29, 1.82) is 0 Å². The molecule has 2 N–H and O–H groups in total. The maximum Gasteiger partial charge on any atom is 0.335 e. The molecule has 0 saturated heterocycles. The topological polar surface area (TPSA) is 137 Å². The summed E-state index contributed by atoms with van der Waals surface area (Å²) in [6.45, 7) is 0.732. The zero-order valence-corrected chi connectivity index (χ0v) is 17.8. The predicted octanol–water partition coefficient (Wildman–Crippen LogP) is 4.35. The van der Waals surface area contributed by atoms with E-state index in [4.69, 9.17) is 14.6 Å². The van der Waals surface area contributed by atoms with Crippen LogP contribution in [0, 0.1) is 10.1 Å². The third kappa shape index (κ3) is 4.13. The summed E-state index contributed by atoms with van der Waals surface area (Å²) in [7, 11) is 0. The van der Waals surface area contributed by atoms with E-state index in [0.29, 0.717) is 51.9 Å². The van der Waals surface area contributed by atoms with Gasteiger partial charge in [-0.05, 0) is 47.6 Å². The second-order valence-electron chi connectivity index (χ2n) is 7.20. The number of rotatable bonds is 7. The molecule has 33 heavy (non-hydrogen) atoms. The number of nitrogens with zero attached hydrogens (tertiary/aromatic N) is 3. The fourth-order valence-electron chi connectivity index (χ4n) is 3.45. The Hall–Kier alpha value is -4.25. The average Bonchev–Trinajstić information content (AvgIpc) is 3.46. The number of benzene rings is 2. The largest absolute Gasteiger partial charge is 0.478 e. The van der Waals surface area contributed by atoms with Crippen LogP contribution in [0.3, 0.4) is 0 Å². The van der Waals surface area contributed by atoms with E-state index in [0.717, 1.165) is 16.9 Å². The standard InChI is InChI=1S/C22H16N4O6S/c27-22(28)14-4-2-13(3-5-14)19-24-20(15-10-18(26(29)30)33-21(15)25-19)23-8-7-12-1-6-16-17(9-12)32-11-31-16/h1-6,9-10H,7-8,11H2,(H,27,28)(H,23,24,25). The van der Waals surface area contributed by atoms with Crippen molar-refractivity contribution in [2.24, 2.45) is 0 Å². The third-order valence-electron chi connectivity index (χ3n) is 5.09. The lowest BCUT2D eigenvalue weighted by Crippen LogP contribution is -2.07. The van der Waals surface area contributed by atoms with Gasteiger partial charge in [0, 0.05) is 18.2 Å². The van der Waals surface area contributed by atoms with Crippen LogP contribution in [0.5, 0.6) is 11.5 Å². The molecule has 0 bridgehead atoms. The van der Waals surface area contributed by atoms with Crippen molar-refractivity contribution < 1.29 is 24.3 Å². The molecule has 166 valence electrons. The quantitative estimate of drug-likeness (QED) is 0.302. The number of aromatic nitrogens is 2. The summed E-state index contributed by atoms with van der Waals surface area (Å²) in [6.07, 6.45) is 0.664. The SMILES string of the molecule is O=C(O)c1ccc(-c2nc(NCCc3ccc4c(c3)OCO4)c3cc([N+](=O)[O-])sc3n2)cc1. The number of anilines is 1. The van der Waals surface area contributed by atoms with Gasteiger partial charge in [-0.15, -0.1) is 0 Å². The number of nitro groups is 1. The molecule has 11 heteroatoms. The summed E-state index contributed by atoms with van der Waals surface area (Å²) in [6, 6.07) is 13.4. The molecule has 2 aromatic carbocycles. The van der Waals surface area contributed by atoms with Gasteiger partial charge < -0.3 is 19.9 Å². The fourth-order valence-corrected chi connectivity index (χ4v) is 4.29. The molecular weight excluding hydrogens is 448 g/mol. The van der Waals surface area contributed by atoms with E-state index in [2.05, 4.69) is 15.3 Å². The molecule has 10 nitrogen and oxygen atoms in total. The van der Waals surface area contributed by atoms with Crippen molar-refractivity contribution in [3.63, 3.8) is 0 Å². The van der Waals surface area contributed by atoms with Crippen LogP contribution in [0.4, 0.5) is 10.8 Å². The highest BCUT2D eigenvalue weighted by Crippen LogP contribution is 2.36. The van der Waals surface area contributed by atoms with Crippen LogP contribution in [0.25, 0.3) is 21.6 Å². The molecule has 4 aromatic rings. The summed E-state index contributed by atoms with van der Waals surface area (Å²) in [5.41, 5.74) is 1.79. The first-order valence-corrected chi connectivity index (χ1v) is 10.7. The average molecular weight is 464 g/mol. The lowest BCUT2D eigenvalue weighted by molar-refractivity contribution is -0.380. The van der Waals surface area contributed by atoms with Crippen molar-refractivity contribution >= 4 is 38.3 Å². The lowest BCUT2D eigenvalue weighted by Gasteiger charge is -2.09. The minimum atomic E-state index is -1.03. The molecule has 0 aliphatic carbocycles. The Labute approximate surface area is 190 Å². The van der Waals surface area contributed by atoms with Gasteiger partial charge in [0.25, 0.3) is 0 Å². The van der Waals surface area contributed by atoms with Gasteiger partial charge in [-0.25, -0.2) is 14.8 Å². The van der Waals surface area contributed by atoms with Gasteiger partial charge in [0.2, 0.25) is 6.79 Å². The number of thiophene rings is 1. The van der Waals surface area contributed by atoms with E-state index in [1.165, 1.54) is 18.2 Å². The van der Waals surface area contributed by atoms with Crippen LogP contribution in [0.2, 0.25) is 0 Å². The molecule has 0 atom stereocenters. The molecule has 0 unspecified atom stereocenters. The summed E-state index contributed by atoms with van der Waals surface area (Å²) in [5, 5.41) is 24.2. The molecule has 0 fully saturated rings. The van der Waals surface area contributed by atoms with Gasteiger partial charge >= 0.3 is 11.0 Å². The number of carbonyl (C=O) groups is 1. The lowest BCUT2D eigenvalue weighted by atomic mass is 10.1. The van der Waals surface area contributed by atoms with E-state index in [9.17, 15) is 14.9 Å². The molecule has 1 aliphatic heterocycles. The first-order chi connectivity index (χ1) is 16.0. The van der Waals surface area contributed by atoms with Gasteiger partial charge in [0.15, 0.2) is 17.3 Å². The Balaban J connectivity index is 1.44. The number of nitrogens with one attached hydrogen (secondary N) is 1. The normalized spacial score (nSPS) is 12.1. The minimum absolute atomic E-state index is 0.0310. The third-order valence-corrected chi connectivity index (χ3v) is 6.07. The maximum atomic E-state index is 11.3. The van der Waals surface area contributed by atoms with Crippen LogP contribution in [-0.4, -0.2) is 39.3 Å². The zero-order valence-electron chi connectivity index (χ0n) is 17.0. The first kappa shape index (κ1) is 20.6. The van der Waals surface area contributed by atoms with Crippen molar-refractivity contribution in [3.8, 4) is 22.9 Å². The smallest absolute Gasteiger partial charge is 0.335 e. The van der Waals surface area contributed by atoms with E-state index < -0.39 is 10.9 Å². The summed E-state index contributed by atoms with van der Waals surface area (Å²) in [4.78, 5) is 31.5. The molecule has 0 radical (unpaired) electrons. The molecule has 1 aliphatic rings. The number of ether oxygens (including phenoxy) is 2. The van der Waals surface area contributed by atoms with Gasteiger partial charge in [-0.1, -0.05) is 18.2 Å². The first-order valence-electron chi connectivity index (χ1n) is 9.90. The Kier molecular flexibility index (Phi) is 5.23. The van der Waals surface area contributed by atoms with Gasteiger partial charge in [0.05, 0.1) is 15.9 Å². The number of hydrogen-bond donors (Lipinski definition) is 2. The second kappa shape index (κ2) is 8.36. The molecular formula is C22H16N4O6S. The van der Waals surface area contributed by atoms with E-state index in [1.54, 1.807) is 12.1 Å². The van der Waals surface area contributed by atoms with Crippen LogP contribution >= 0.6 is 11.3 Å². The van der Waals surface area contributed by atoms with Crippen molar-refractivity contribution in [3.05, 3.63) is 69.8 Å². The molecule has 3 heterocycles. The number of aromatic carboxylic acids is 1. The van der Waals surface area contributed by atoms with Crippen LogP contribution in [0.1, 0.15) is 15.9 Å². The Morgan fingerprint density at radius 3 is 2.67 bits per heavy atom. The number of fused-ring (bicyclic) bond motifs is 2. The summed E-state index contributed by atoms with van der Waals surface area (Å²) >= 11 is 0.965. The number of hydrogen-bond acceptors (Lipinski definition) is 9. The monoisotopic (exact) mass is 464 g/mol. The van der Waals surface area contributed by atoms with E-state index >= 15 is 0 Å². The van der Waals surface area contributed by atoms with Gasteiger partial charge in [0.1, 0.15) is 10.6 Å². The highest BCUT2D eigenvalue weighted by atomic mass is 32.1. The Bertz CT molecular complexity index is 1390. The van der Waals surface area contributed by atoms with E-state index in [-0.39, 0.29) is 17.4 Å². The molecule has 5 rings (SSSR count). The van der Waals surface area contributed by atoms with Crippen molar-refractivity contribution in [2.45, 2.75) is 6.42 Å². The van der Waals surface area contributed by atoms with Crippen LogP contribution < -0.4 is 14.8 Å². The molecule has 0 saturated carbocycles. The maximum absolute atomic E-state index is 11.3. The van der Waals surface area contributed by atoms with Crippen molar-refractivity contribution in [2.75, 3.05) is 18.7 Å². The number of carboxylic acids is 1.